The molecule has 0 aliphatic carbocycles. The molecule has 1 N–H and O–H groups in total. The zero-order valence-electron chi connectivity index (χ0n) is 15.2. The van der Waals surface area contributed by atoms with Gasteiger partial charge in [-0.25, -0.2) is 4.68 Å². The molecule has 150 valence electrons. The second-order valence-corrected chi connectivity index (χ2v) is 8.04. The smallest absolute Gasteiger partial charge is 0.229 e. The number of anilines is 1. The number of benzene rings is 2. The van der Waals surface area contributed by atoms with Gasteiger partial charge in [0.05, 0.1) is 19.6 Å². The predicted octanol–water partition coefficient (Wildman–Crippen LogP) is 4.87. The van der Waals surface area contributed by atoms with Crippen LogP contribution in [-0.2, 0) is 11.4 Å². The number of hydrogen-bond donors (Lipinski definition) is 1. The Hall–Kier alpha value is -2.29. The molecule has 0 spiro atoms. The molecule has 1 amide bonds. The summed E-state index contributed by atoms with van der Waals surface area (Å²) in [6, 6.07) is 8.56. The van der Waals surface area contributed by atoms with E-state index in [4.69, 9.17) is 32.7 Å². The molecule has 0 bridgehead atoms. The van der Waals surface area contributed by atoms with E-state index < -0.39 is 0 Å². The average Bonchev–Trinajstić information content (AvgIpc) is 3.15. The van der Waals surface area contributed by atoms with E-state index >= 15 is 0 Å². The summed E-state index contributed by atoms with van der Waals surface area (Å²) in [6.45, 7) is 0.247. The fraction of sp³-hybridized carbons (Fsp3) is 0.211. The lowest BCUT2D eigenvalue weighted by Crippen LogP contribution is -2.29. The number of rotatable bonds is 5. The summed E-state index contributed by atoms with van der Waals surface area (Å²) in [6.07, 6.45) is 1.64. The number of aromatic nitrogens is 3. The molecule has 0 unspecified atom stereocenters. The van der Waals surface area contributed by atoms with E-state index in [0.29, 0.717) is 27.5 Å². The topological polar surface area (TPSA) is 78.3 Å². The minimum atomic E-state index is -0.315. The fourth-order valence-corrected chi connectivity index (χ4v) is 4.17. The van der Waals surface area contributed by atoms with E-state index in [1.54, 1.807) is 30.0 Å². The number of methoxy groups -OCH3 is 1. The van der Waals surface area contributed by atoms with Crippen molar-refractivity contribution in [2.45, 2.75) is 19.1 Å². The molecule has 7 nitrogen and oxygen atoms in total. The van der Waals surface area contributed by atoms with E-state index in [2.05, 4.69) is 31.3 Å². The van der Waals surface area contributed by atoms with Crippen molar-refractivity contribution in [3.8, 4) is 11.5 Å². The number of nitrogens with one attached hydrogen (secondary N) is 1. The van der Waals surface area contributed by atoms with Gasteiger partial charge in [0, 0.05) is 20.1 Å². The minimum absolute atomic E-state index is 0.126. The van der Waals surface area contributed by atoms with Crippen molar-refractivity contribution in [3.63, 3.8) is 0 Å². The number of hydrogen-bond acceptors (Lipinski definition) is 5. The Labute approximate surface area is 185 Å². The van der Waals surface area contributed by atoms with E-state index in [1.165, 1.54) is 6.33 Å². The summed E-state index contributed by atoms with van der Waals surface area (Å²) in [5, 5.41) is 8.03. The largest absolute Gasteiger partial charge is 0.493 e. The average molecular weight is 498 g/mol. The van der Waals surface area contributed by atoms with Gasteiger partial charge in [0.15, 0.2) is 11.5 Å². The van der Waals surface area contributed by atoms with Crippen molar-refractivity contribution in [2.24, 2.45) is 0 Å². The third-order valence-electron chi connectivity index (χ3n) is 4.54. The van der Waals surface area contributed by atoms with Crippen LogP contribution in [0.2, 0.25) is 10.0 Å². The lowest BCUT2D eigenvalue weighted by molar-refractivity contribution is -0.117. The number of nitrogens with zero attached hydrogens (tertiary/aromatic N) is 3. The van der Waals surface area contributed by atoms with Gasteiger partial charge in [0.2, 0.25) is 11.9 Å². The predicted molar refractivity (Wildman–Crippen MR) is 113 cm³/mol. The molecule has 0 radical (unpaired) electrons. The number of amides is 1. The van der Waals surface area contributed by atoms with Crippen LogP contribution in [0.3, 0.4) is 0 Å². The van der Waals surface area contributed by atoms with Gasteiger partial charge < -0.3 is 9.47 Å². The van der Waals surface area contributed by atoms with Crippen molar-refractivity contribution in [3.05, 3.63) is 62.3 Å². The van der Waals surface area contributed by atoms with Crippen LogP contribution in [-0.4, -0.2) is 27.8 Å². The zero-order chi connectivity index (χ0) is 20.5. The Morgan fingerprint density at radius 1 is 1.28 bits per heavy atom. The molecule has 10 heteroatoms. The molecule has 29 heavy (non-hydrogen) atoms. The highest BCUT2D eigenvalue weighted by Gasteiger charge is 2.30. The summed E-state index contributed by atoms with van der Waals surface area (Å²) in [5.74, 6) is 1.35. The zero-order valence-corrected chi connectivity index (χ0v) is 18.3. The Morgan fingerprint density at radius 2 is 2.10 bits per heavy atom. The SMILES string of the molecule is COc1cc([C@H]2CC(=O)Nc3ncnn32)c(Br)cc1OCc1ccc(Cl)cc1Cl. The van der Waals surface area contributed by atoms with Crippen molar-refractivity contribution >= 4 is 51.0 Å². The minimum Gasteiger partial charge on any atom is -0.493 e. The first-order valence-electron chi connectivity index (χ1n) is 8.59. The second kappa shape index (κ2) is 8.22. The van der Waals surface area contributed by atoms with Gasteiger partial charge in [0.25, 0.3) is 0 Å². The van der Waals surface area contributed by atoms with Gasteiger partial charge in [-0.05, 0) is 29.8 Å². The Kier molecular flexibility index (Phi) is 5.67. The van der Waals surface area contributed by atoms with Crippen LogP contribution < -0.4 is 14.8 Å². The normalized spacial score (nSPS) is 15.6. The van der Waals surface area contributed by atoms with E-state index in [1.807, 2.05) is 12.1 Å². The van der Waals surface area contributed by atoms with Gasteiger partial charge in [-0.15, -0.1) is 0 Å². The monoisotopic (exact) mass is 496 g/mol. The molecule has 1 aromatic heterocycles. The number of halogens is 3. The van der Waals surface area contributed by atoms with E-state index in [-0.39, 0.29) is 25.0 Å². The first-order chi connectivity index (χ1) is 14.0. The van der Waals surface area contributed by atoms with Gasteiger partial charge in [-0.2, -0.15) is 10.1 Å². The first-order valence-corrected chi connectivity index (χ1v) is 10.1. The lowest BCUT2D eigenvalue weighted by Gasteiger charge is -2.25. The molecule has 2 aromatic carbocycles. The molecule has 1 atom stereocenters. The Balaban J connectivity index is 1.64. The van der Waals surface area contributed by atoms with Crippen LogP contribution in [0.1, 0.15) is 23.6 Å². The van der Waals surface area contributed by atoms with Crippen LogP contribution in [0, 0.1) is 0 Å². The van der Waals surface area contributed by atoms with Gasteiger partial charge >= 0.3 is 0 Å². The Bertz CT molecular complexity index is 1090. The molecule has 3 aromatic rings. The summed E-state index contributed by atoms with van der Waals surface area (Å²) < 4.78 is 13.9. The van der Waals surface area contributed by atoms with Crippen molar-refractivity contribution < 1.29 is 14.3 Å². The van der Waals surface area contributed by atoms with Crippen LogP contribution in [0.25, 0.3) is 0 Å². The third-order valence-corrected chi connectivity index (χ3v) is 5.81. The van der Waals surface area contributed by atoms with Crippen LogP contribution in [0.15, 0.2) is 41.1 Å². The molecular weight excluding hydrogens is 483 g/mol. The molecule has 0 saturated heterocycles. The van der Waals surface area contributed by atoms with E-state index in [0.717, 1.165) is 15.6 Å². The van der Waals surface area contributed by atoms with Crippen molar-refractivity contribution in [1.29, 1.82) is 0 Å². The fourth-order valence-electron chi connectivity index (χ4n) is 3.12. The maximum atomic E-state index is 12.1. The van der Waals surface area contributed by atoms with Crippen molar-refractivity contribution in [1.82, 2.24) is 14.8 Å². The summed E-state index contributed by atoms with van der Waals surface area (Å²) >= 11 is 15.7. The molecule has 1 aliphatic rings. The molecule has 1 aliphatic heterocycles. The molecule has 4 rings (SSSR count). The maximum Gasteiger partial charge on any atom is 0.229 e. The van der Waals surface area contributed by atoms with Gasteiger partial charge in [-0.1, -0.05) is 45.2 Å². The second-order valence-electron chi connectivity index (χ2n) is 6.35. The summed E-state index contributed by atoms with van der Waals surface area (Å²) in [7, 11) is 1.56. The maximum absolute atomic E-state index is 12.1. The first kappa shape index (κ1) is 20.0. The standard InChI is InChI=1S/C19H15BrCl2N4O3/c1-28-16-5-12(15-7-18(27)25-19-23-9-24-26(15)19)13(20)6-17(16)29-8-10-2-3-11(21)4-14(10)22/h2-6,9,15H,7-8H2,1H3,(H,23,24,25,27)/t15-/m1/s1. The van der Waals surface area contributed by atoms with Crippen LogP contribution in [0.4, 0.5) is 5.95 Å². The molecule has 0 fully saturated rings. The highest BCUT2D eigenvalue weighted by molar-refractivity contribution is 9.10. The highest BCUT2D eigenvalue weighted by Crippen LogP contribution is 2.40. The number of carbonyl (C=O) groups is 1. The third kappa shape index (κ3) is 4.05. The number of ether oxygens (including phenoxy) is 2. The summed E-state index contributed by atoms with van der Waals surface area (Å²) in [4.78, 5) is 16.1. The molecule has 0 saturated carbocycles. The number of carbonyl (C=O) groups excluding carboxylic acids is 1. The van der Waals surface area contributed by atoms with E-state index in [9.17, 15) is 4.79 Å². The van der Waals surface area contributed by atoms with Crippen molar-refractivity contribution in [2.75, 3.05) is 12.4 Å². The van der Waals surface area contributed by atoms with Crippen LogP contribution >= 0.6 is 39.1 Å². The number of fused-ring (bicyclic) bond motifs is 1. The highest BCUT2D eigenvalue weighted by atomic mass is 79.9. The molecular formula is C19H15BrCl2N4O3. The lowest BCUT2D eigenvalue weighted by atomic mass is 10.0. The van der Waals surface area contributed by atoms with Gasteiger partial charge in [0.1, 0.15) is 12.9 Å². The van der Waals surface area contributed by atoms with Crippen LogP contribution in [0.5, 0.6) is 11.5 Å². The molecule has 2 heterocycles. The summed E-state index contributed by atoms with van der Waals surface area (Å²) in [5.41, 5.74) is 1.63. The quantitative estimate of drug-likeness (QED) is 0.544. The Morgan fingerprint density at radius 3 is 2.86 bits per heavy atom. The van der Waals surface area contributed by atoms with Gasteiger partial charge in [-0.3, -0.25) is 10.1 Å².